The van der Waals surface area contributed by atoms with E-state index < -0.39 is 0 Å². The Morgan fingerprint density at radius 1 is 0.341 bits per heavy atom. The number of rotatable bonds is 2. The van der Waals surface area contributed by atoms with Crippen molar-refractivity contribution in [3.63, 3.8) is 0 Å². The first kappa shape index (κ1) is 23.7. The lowest BCUT2D eigenvalue weighted by Crippen LogP contribution is -1.97. The summed E-state index contributed by atoms with van der Waals surface area (Å²) in [6.45, 7) is 0. The average Bonchev–Trinajstić information content (AvgIpc) is 3.09. The van der Waals surface area contributed by atoms with E-state index >= 15 is 0 Å². The zero-order valence-electron chi connectivity index (χ0n) is 23.8. The number of aromatic nitrogens is 2. The summed E-state index contributed by atoms with van der Waals surface area (Å²) >= 11 is 0. The molecule has 0 bridgehead atoms. The molecule has 0 saturated carbocycles. The van der Waals surface area contributed by atoms with Crippen LogP contribution < -0.4 is 0 Å². The summed E-state index contributed by atoms with van der Waals surface area (Å²) in [5, 5.41) is 16.2. The van der Waals surface area contributed by atoms with Gasteiger partial charge in [0, 0.05) is 16.5 Å². The molecule has 0 unspecified atom stereocenters. The van der Waals surface area contributed by atoms with Gasteiger partial charge in [-0.2, -0.15) is 0 Å². The normalized spacial score (nSPS) is 12.1. The molecule has 10 aromatic rings. The first-order valence-electron chi connectivity index (χ1n) is 15.1. The highest BCUT2D eigenvalue weighted by Gasteiger charge is 2.19. The molecule has 10 rings (SSSR count). The Bertz CT molecular complexity index is 2760. The first-order chi connectivity index (χ1) is 21.8. The minimum atomic E-state index is 0.745. The summed E-state index contributed by atoms with van der Waals surface area (Å²) in [6, 6.07) is 52.5. The van der Waals surface area contributed by atoms with Crippen molar-refractivity contribution in [2.24, 2.45) is 0 Å². The Morgan fingerprint density at radius 2 is 0.864 bits per heavy atom. The molecule has 44 heavy (non-hydrogen) atoms. The molecular formula is C42H24N2. The average molecular weight is 557 g/mol. The SMILES string of the molecule is c1ccc(-c2nc(-c3cc4cccc5c6cccc7ccc8cccc(c9cccc3c9c45)c8c76)nc3ccccc23)cc1. The number of fused-ring (bicyclic) bond motifs is 3. The quantitative estimate of drug-likeness (QED) is 0.198. The predicted molar refractivity (Wildman–Crippen MR) is 187 cm³/mol. The first-order valence-corrected chi connectivity index (χ1v) is 15.1. The second kappa shape index (κ2) is 8.82. The summed E-state index contributed by atoms with van der Waals surface area (Å²) in [5.74, 6) is 0.745. The number of hydrogen-bond donors (Lipinski definition) is 0. The van der Waals surface area contributed by atoms with E-state index in [-0.39, 0.29) is 0 Å². The number of benzene rings is 8. The molecule has 1 heterocycles. The number of para-hydroxylation sites is 1. The molecule has 0 aliphatic carbocycles. The molecule has 0 atom stereocenters. The minimum absolute atomic E-state index is 0.745. The van der Waals surface area contributed by atoms with Crippen LogP contribution in [0.4, 0.5) is 0 Å². The third kappa shape index (κ3) is 3.20. The van der Waals surface area contributed by atoms with Crippen molar-refractivity contribution in [2.75, 3.05) is 0 Å². The Morgan fingerprint density at radius 3 is 1.57 bits per heavy atom. The highest BCUT2D eigenvalue weighted by atomic mass is 14.9. The zero-order chi connectivity index (χ0) is 28.8. The van der Waals surface area contributed by atoms with Crippen molar-refractivity contribution in [1.29, 1.82) is 0 Å². The largest absolute Gasteiger partial charge is 0.228 e. The Kier molecular flexibility index (Phi) is 4.75. The Labute approximate surface area is 253 Å². The van der Waals surface area contributed by atoms with Crippen molar-refractivity contribution >= 4 is 75.5 Å². The summed E-state index contributed by atoms with van der Waals surface area (Å²) in [4.78, 5) is 10.5. The topological polar surface area (TPSA) is 25.8 Å². The molecule has 0 spiro atoms. The molecular weight excluding hydrogens is 532 g/mol. The molecule has 0 radical (unpaired) electrons. The lowest BCUT2D eigenvalue weighted by atomic mass is 9.86. The maximum atomic E-state index is 5.31. The van der Waals surface area contributed by atoms with Crippen molar-refractivity contribution in [1.82, 2.24) is 9.97 Å². The third-order valence-corrected chi connectivity index (χ3v) is 9.36. The molecule has 2 nitrogen and oxygen atoms in total. The van der Waals surface area contributed by atoms with E-state index in [1.54, 1.807) is 0 Å². The van der Waals surface area contributed by atoms with Gasteiger partial charge in [0.2, 0.25) is 0 Å². The minimum Gasteiger partial charge on any atom is -0.228 e. The summed E-state index contributed by atoms with van der Waals surface area (Å²) < 4.78 is 0. The Hall–Kier alpha value is -5.86. The summed E-state index contributed by atoms with van der Waals surface area (Å²) in [5.41, 5.74) is 4.04. The summed E-state index contributed by atoms with van der Waals surface area (Å²) in [6.07, 6.45) is 0. The van der Waals surface area contributed by atoms with E-state index in [0.29, 0.717) is 0 Å². The standard InChI is InChI=1S/C42H24N2/c1-2-10-27(11-3-1)41-34-15-4-5-21-36(34)43-42(44-41)35-24-28-14-8-18-30-29-16-6-12-25-22-23-26-13-7-17-31(38(26)37(25)29)32-19-9-20-33(35)40(32)39(28)30/h1-24H. The molecule has 2 heteroatoms. The lowest BCUT2D eigenvalue weighted by Gasteiger charge is -2.18. The van der Waals surface area contributed by atoms with Crippen LogP contribution in [0.1, 0.15) is 0 Å². The highest BCUT2D eigenvalue weighted by Crippen LogP contribution is 2.45. The van der Waals surface area contributed by atoms with Gasteiger partial charge in [0.25, 0.3) is 0 Å². The maximum absolute atomic E-state index is 5.31. The van der Waals surface area contributed by atoms with Crippen LogP contribution in [-0.2, 0) is 0 Å². The van der Waals surface area contributed by atoms with Crippen molar-refractivity contribution in [3.8, 4) is 22.6 Å². The molecule has 1 aromatic heterocycles. The molecule has 0 aliphatic rings. The second-order valence-electron chi connectivity index (χ2n) is 11.7. The van der Waals surface area contributed by atoms with E-state index in [1.807, 2.05) is 6.07 Å². The molecule has 0 fully saturated rings. The second-order valence-corrected chi connectivity index (χ2v) is 11.7. The third-order valence-electron chi connectivity index (χ3n) is 9.36. The van der Waals surface area contributed by atoms with E-state index in [9.17, 15) is 0 Å². The number of hydrogen-bond acceptors (Lipinski definition) is 2. The molecule has 0 amide bonds. The fourth-order valence-electron chi connectivity index (χ4n) is 7.50. The van der Waals surface area contributed by atoms with Crippen LogP contribution in [0.2, 0.25) is 0 Å². The van der Waals surface area contributed by atoms with E-state index in [2.05, 4.69) is 140 Å². The van der Waals surface area contributed by atoms with Gasteiger partial charge >= 0.3 is 0 Å². The van der Waals surface area contributed by atoms with Gasteiger partial charge in [-0.15, -0.1) is 0 Å². The van der Waals surface area contributed by atoms with E-state index in [1.165, 1.54) is 64.6 Å². The van der Waals surface area contributed by atoms with Gasteiger partial charge in [0.05, 0.1) is 11.2 Å². The van der Waals surface area contributed by atoms with Crippen molar-refractivity contribution in [2.45, 2.75) is 0 Å². The van der Waals surface area contributed by atoms with E-state index in [0.717, 1.165) is 33.5 Å². The molecule has 9 aromatic carbocycles. The molecule has 0 aliphatic heterocycles. The smallest absolute Gasteiger partial charge is 0.161 e. The number of nitrogens with zero attached hydrogens (tertiary/aromatic N) is 2. The van der Waals surface area contributed by atoms with E-state index in [4.69, 9.17) is 9.97 Å². The monoisotopic (exact) mass is 556 g/mol. The fourth-order valence-corrected chi connectivity index (χ4v) is 7.50. The van der Waals surface area contributed by atoms with Gasteiger partial charge in [-0.1, -0.05) is 133 Å². The van der Waals surface area contributed by atoms with Crippen molar-refractivity contribution in [3.05, 3.63) is 146 Å². The van der Waals surface area contributed by atoms with Crippen LogP contribution in [0.15, 0.2) is 146 Å². The van der Waals surface area contributed by atoms with Crippen LogP contribution in [0.3, 0.4) is 0 Å². The van der Waals surface area contributed by atoms with Crippen LogP contribution >= 0.6 is 0 Å². The lowest BCUT2D eigenvalue weighted by molar-refractivity contribution is 1.24. The maximum Gasteiger partial charge on any atom is 0.161 e. The van der Waals surface area contributed by atoms with Gasteiger partial charge in [-0.25, -0.2) is 9.97 Å². The zero-order valence-corrected chi connectivity index (χ0v) is 23.8. The van der Waals surface area contributed by atoms with Crippen molar-refractivity contribution < 1.29 is 0 Å². The molecule has 0 saturated heterocycles. The van der Waals surface area contributed by atoms with Crippen LogP contribution in [-0.4, -0.2) is 9.97 Å². The van der Waals surface area contributed by atoms with Crippen LogP contribution in [0.5, 0.6) is 0 Å². The molecule has 202 valence electrons. The van der Waals surface area contributed by atoms with Gasteiger partial charge in [-0.3, -0.25) is 0 Å². The van der Waals surface area contributed by atoms with Gasteiger partial charge in [-0.05, 0) is 76.8 Å². The predicted octanol–water partition coefficient (Wildman–Crippen LogP) is 11.3. The van der Waals surface area contributed by atoms with Gasteiger partial charge in [0.1, 0.15) is 0 Å². The van der Waals surface area contributed by atoms with Gasteiger partial charge < -0.3 is 0 Å². The highest BCUT2D eigenvalue weighted by molar-refractivity contribution is 6.37. The van der Waals surface area contributed by atoms with Crippen LogP contribution in [0, 0.1) is 0 Å². The van der Waals surface area contributed by atoms with Gasteiger partial charge in [0.15, 0.2) is 5.82 Å². The Balaban J connectivity index is 1.44. The fraction of sp³-hybridized carbons (Fsp3) is 0. The molecule has 0 N–H and O–H groups in total. The van der Waals surface area contributed by atoms with Crippen LogP contribution in [0.25, 0.3) is 98.2 Å². The summed E-state index contributed by atoms with van der Waals surface area (Å²) in [7, 11) is 0.